The van der Waals surface area contributed by atoms with Gasteiger partial charge in [0.25, 0.3) is 0 Å². The molecule has 3 N–H and O–H groups in total. The van der Waals surface area contributed by atoms with Crippen molar-refractivity contribution in [2.45, 2.75) is 39.2 Å². The molecule has 5 nitrogen and oxygen atoms in total. The van der Waals surface area contributed by atoms with Crippen LogP contribution in [0.15, 0.2) is 24.3 Å². The lowest BCUT2D eigenvalue weighted by Gasteiger charge is -2.14. The minimum Gasteiger partial charge on any atom is -0.391 e. The van der Waals surface area contributed by atoms with Gasteiger partial charge in [-0.3, -0.25) is 9.59 Å². The van der Waals surface area contributed by atoms with Gasteiger partial charge in [-0.1, -0.05) is 38.1 Å². The van der Waals surface area contributed by atoms with Gasteiger partial charge in [0.1, 0.15) is 0 Å². The average Bonchev–Trinajstić information content (AvgIpc) is 2.96. The molecule has 1 saturated heterocycles. The Morgan fingerprint density at radius 1 is 1.20 bits per heavy atom. The smallest absolute Gasteiger partial charge is 0.220 e. The average molecular weight is 369 g/mol. The zero-order chi connectivity index (χ0) is 17.5. The van der Waals surface area contributed by atoms with Crippen LogP contribution < -0.4 is 10.6 Å². The lowest BCUT2D eigenvalue weighted by molar-refractivity contribution is -0.121. The van der Waals surface area contributed by atoms with Crippen LogP contribution in [-0.2, 0) is 11.2 Å². The highest BCUT2D eigenvalue weighted by Gasteiger charge is 2.25. The van der Waals surface area contributed by atoms with E-state index in [1.807, 2.05) is 24.3 Å². The summed E-state index contributed by atoms with van der Waals surface area (Å²) in [5, 5.41) is 15.6. The Morgan fingerprint density at radius 2 is 1.88 bits per heavy atom. The molecule has 0 spiro atoms. The minimum atomic E-state index is -0.406. The van der Waals surface area contributed by atoms with Crippen LogP contribution in [-0.4, -0.2) is 42.5 Å². The van der Waals surface area contributed by atoms with E-state index in [1.165, 1.54) is 5.56 Å². The Kier molecular flexibility index (Phi) is 9.11. The summed E-state index contributed by atoms with van der Waals surface area (Å²) in [6.07, 6.45) is 0.985. The minimum absolute atomic E-state index is 0. The largest absolute Gasteiger partial charge is 0.391 e. The predicted molar refractivity (Wildman–Crippen MR) is 101 cm³/mol. The van der Waals surface area contributed by atoms with Crippen molar-refractivity contribution in [2.75, 3.05) is 19.6 Å². The number of carbonyl (C=O) groups excluding carboxylic acids is 2. The maximum atomic E-state index is 12.2. The number of amides is 1. The fourth-order valence-corrected chi connectivity index (χ4v) is 2.93. The van der Waals surface area contributed by atoms with Gasteiger partial charge in [-0.05, 0) is 17.9 Å². The number of hydrogen-bond donors (Lipinski definition) is 3. The third-order valence-electron chi connectivity index (χ3n) is 4.36. The van der Waals surface area contributed by atoms with E-state index in [-0.39, 0.29) is 42.9 Å². The number of halogens is 1. The third-order valence-corrected chi connectivity index (χ3v) is 4.36. The van der Waals surface area contributed by atoms with Crippen LogP contribution in [0.25, 0.3) is 0 Å². The Morgan fingerprint density at radius 3 is 2.44 bits per heavy atom. The predicted octanol–water partition coefficient (Wildman–Crippen LogP) is 1.97. The second kappa shape index (κ2) is 10.5. The van der Waals surface area contributed by atoms with Crippen molar-refractivity contribution in [3.8, 4) is 0 Å². The molecule has 140 valence electrons. The summed E-state index contributed by atoms with van der Waals surface area (Å²) < 4.78 is 0. The Balaban J connectivity index is 0.00000312. The topological polar surface area (TPSA) is 78.4 Å². The molecule has 1 aliphatic rings. The molecule has 0 aliphatic carbocycles. The SMILES string of the molecule is CC(C)Cc1ccc(C(=O)CCC(=O)NCC2CNCC2O)cc1.Cl. The molecule has 2 rings (SSSR count). The molecule has 0 aromatic heterocycles. The van der Waals surface area contributed by atoms with Crippen LogP contribution >= 0.6 is 12.4 Å². The van der Waals surface area contributed by atoms with Crippen molar-refractivity contribution in [3.63, 3.8) is 0 Å². The van der Waals surface area contributed by atoms with Gasteiger partial charge in [0.05, 0.1) is 6.10 Å². The molecule has 2 atom stereocenters. The highest BCUT2D eigenvalue weighted by atomic mass is 35.5. The highest BCUT2D eigenvalue weighted by Crippen LogP contribution is 2.12. The standard InChI is InChI=1S/C19H28N2O3.ClH/c1-13(2)9-14-3-5-15(6-4-14)17(22)7-8-19(24)21-11-16-10-20-12-18(16)23;/h3-6,13,16,18,20,23H,7-12H2,1-2H3,(H,21,24);1H. The first-order chi connectivity index (χ1) is 11.5. The first-order valence-corrected chi connectivity index (χ1v) is 8.73. The molecule has 0 radical (unpaired) electrons. The molecule has 0 bridgehead atoms. The van der Waals surface area contributed by atoms with Crippen LogP contribution in [0.2, 0.25) is 0 Å². The zero-order valence-corrected chi connectivity index (χ0v) is 15.8. The van der Waals surface area contributed by atoms with Crippen LogP contribution in [0.4, 0.5) is 0 Å². The molecular formula is C19H29ClN2O3. The molecular weight excluding hydrogens is 340 g/mol. The number of rotatable bonds is 8. The van der Waals surface area contributed by atoms with Crippen molar-refractivity contribution in [3.05, 3.63) is 35.4 Å². The first kappa shape index (κ1) is 21.6. The lowest BCUT2D eigenvalue weighted by atomic mass is 9.99. The molecule has 25 heavy (non-hydrogen) atoms. The van der Waals surface area contributed by atoms with E-state index in [9.17, 15) is 14.7 Å². The fraction of sp³-hybridized carbons (Fsp3) is 0.579. The number of aliphatic hydroxyl groups excluding tert-OH is 1. The summed E-state index contributed by atoms with van der Waals surface area (Å²) in [7, 11) is 0. The molecule has 1 heterocycles. The Hall–Kier alpha value is -1.43. The number of β-amino-alcohol motifs (C(OH)–C–C–N with tert-alkyl or cyclic N) is 1. The summed E-state index contributed by atoms with van der Waals surface area (Å²) >= 11 is 0. The normalized spacial score (nSPS) is 19.5. The second-order valence-electron chi connectivity index (χ2n) is 7.01. The monoisotopic (exact) mass is 368 g/mol. The lowest BCUT2D eigenvalue weighted by Crippen LogP contribution is -2.34. The number of carbonyl (C=O) groups is 2. The van der Waals surface area contributed by atoms with E-state index in [4.69, 9.17) is 0 Å². The van der Waals surface area contributed by atoms with Gasteiger partial charge in [-0.2, -0.15) is 0 Å². The Labute approximate surface area is 156 Å². The molecule has 0 saturated carbocycles. The summed E-state index contributed by atoms with van der Waals surface area (Å²) in [6.45, 7) is 6.07. The van der Waals surface area contributed by atoms with Gasteiger partial charge in [0, 0.05) is 44.0 Å². The highest BCUT2D eigenvalue weighted by molar-refractivity contribution is 5.97. The molecule has 1 aromatic carbocycles. The van der Waals surface area contributed by atoms with Crippen LogP contribution in [0.1, 0.15) is 42.6 Å². The van der Waals surface area contributed by atoms with E-state index in [0.29, 0.717) is 31.1 Å². The van der Waals surface area contributed by atoms with Crippen LogP contribution in [0.3, 0.4) is 0 Å². The van der Waals surface area contributed by atoms with Crippen molar-refractivity contribution < 1.29 is 14.7 Å². The molecule has 1 amide bonds. The quantitative estimate of drug-likeness (QED) is 0.613. The van der Waals surface area contributed by atoms with Gasteiger partial charge in [-0.25, -0.2) is 0 Å². The van der Waals surface area contributed by atoms with Gasteiger partial charge in [0.2, 0.25) is 5.91 Å². The zero-order valence-electron chi connectivity index (χ0n) is 15.0. The first-order valence-electron chi connectivity index (χ1n) is 8.73. The van der Waals surface area contributed by atoms with E-state index >= 15 is 0 Å². The maximum Gasteiger partial charge on any atom is 0.220 e. The number of ketones is 1. The van der Waals surface area contributed by atoms with Crippen molar-refractivity contribution >= 4 is 24.1 Å². The second-order valence-corrected chi connectivity index (χ2v) is 7.01. The fourth-order valence-electron chi connectivity index (χ4n) is 2.93. The number of hydrogen-bond acceptors (Lipinski definition) is 4. The van der Waals surface area contributed by atoms with Gasteiger partial charge in [0.15, 0.2) is 5.78 Å². The van der Waals surface area contributed by atoms with Gasteiger partial charge < -0.3 is 15.7 Å². The van der Waals surface area contributed by atoms with Gasteiger partial charge >= 0.3 is 0 Å². The molecule has 1 aliphatic heterocycles. The maximum absolute atomic E-state index is 12.2. The van der Waals surface area contributed by atoms with E-state index in [1.54, 1.807) is 0 Å². The summed E-state index contributed by atoms with van der Waals surface area (Å²) in [5.74, 6) is 0.490. The molecule has 1 fully saturated rings. The number of Topliss-reactive ketones (excluding diaryl/α,β-unsaturated/α-hetero) is 1. The summed E-state index contributed by atoms with van der Waals surface area (Å²) in [5.41, 5.74) is 1.88. The summed E-state index contributed by atoms with van der Waals surface area (Å²) in [4.78, 5) is 24.0. The molecule has 1 aromatic rings. The van der Waals surface area contributed by atoms with Gasteiger partial charge in [-0.15, -0.1) is 12.4 Å². The Bertz CT molecular complexity index is 560. The number of aliphatic hydroxyl groups is 1. The number of nitrogens with one attached hydrogen (secondary N) is 2. The van der Waals surface area contributed by atoms with E-state index in [0.717, 1.165) is 6.42 Å². The van der Waals surface area contributed by atoms with E-state index in [2.05, 4.69) is 24.5 Å². The third kappa shape index (κ3) is 7.14. The van der Waals surface area contributed by atoms with Crippen LogP contribution in [0, 0.1) is 11.8 Å². The van der Waals surface area contributed by atoms with Crippen LogP contribution in [0.5, 0.6) is 0 Å². The summed E-state index contributed by atoms with van der Waals surface area (Å²) in [6, 6.07) is 7.67. The van der Waals surface area contributed by atoms with Crippen molar-refractivity contribution in [1.82, 2.24) is 10.6 Å². The van der Waals surface area contributed by atoms with Crippen molar-refractivity contribution in [2.24, 2.45) is 11.8 Å². The number of benzene rings is 1. The molecule has 6 heteroatoms. The van der Waals surface area contributed by atoms with Crippen molar-refractivity contribution in [1.29, 1.82) is 0 Å². The molecule has 2 unspecified atom stereocenters. The van der Waals surface area contributed by atoms with E-state index < -0.39 is 6.10 Å².